The van der Waals surface area contributed by atoms with Gasteiger partial charge in [-0.25, -0.2) is 0 Å². The van der Waals surface area contributed by atoms with Gasteiger partial charge in [0.2, 0.25) is 0 Å². The van der Waals surface area contributed by atoms with Crippen LogP contribution in [0.2, 0.25) is 0 Å². The van der Waals surface area contributed by atoms with Gasteiger partial charge in [0, 0.05) is 6.04 Å². The van der Waals surface area contributed by atoms with E-state index in [2.05, 4.69) is 18.3 Å². The fourth-order valence-corrected chi connectivity index (χ4v) is 2.27. The largest absolute Gasteiger partial charge is 0.508 e. The van der Waals surface area contributed by atoms with Crippen molar-refractivity contribution in [2.24, 2.45) is 0 Å². The minimum absolute atomic E-state index is 0.392. The molecule has 82 valence electrons. The summed E-state index contributed by atoms with van der Waals surface area (Å²) in [6, 6.07) is 6.25. The number of nitrogens with one attached hydrogen (secondary N) is 1. The van der Waals surface area contributed by atoms with Crippen molar-refractivity contribution in [1.82, 2.24) is 5.32 Å². The summed E-state index contributed by atoms with van der Waals surface area (Å²) in [6.45, 7) is 3.31. The highest BCUT2D eigenvalue weighted by Crippen LogP contribution is 2.33. The van der Waals surface area contributed by atoms with Gasteiger partial charge in [0.1, 0.15) is 5.75 Å². The standard InChI is InChI=1S/C13H19NO/c1-2-3-8-14-13-7-4-10-9-11(15)5-6-12(10)13/h5-6,9,13-15H,2-4,7-8H2,1H3. The molecule has 0 heterocycles. The molecule has 1 aromatic rings. The SMILES string of the molecule is CCCCNC1CCc2cc(O)ccc21. The number of hydrogen-bond donors (Lipinski definition) is 2. The Morgan fingerprint density at radius 1 is 1.47 bits per heavy atom. The van der Waals surface area contributed by atoms with Crippen LogP contribution >= 0.6 is 0 Å². The number of aryl methyl sites for hydroxylation is 1. The normalized spacial score (nSPS) is 19.1. The van der Waals surface area contributed by atoms with Crippen LogP contribution in [-0.4, -0.2) is 11.7 Å². The maximum atomic E-state index is 9.38. The van der Waals surface area contributed by atoms with Gasteiger partial charge in [-0.3, -0.25) is 0 Å². The maximum Gasteiger partial charge on any atom is 0.115 e. The van der Waals surface area contributed by atoms with Gasteiger partial charge >= 0.3 is 0 Å². The summed E-state index contributed by atoms with van der Waals surface area (Å²) < 4.78 is 0. The highest BCUT2D eigenvalue weighted by atomic mass is 16.3. The summed E-state index contributed by atoms with van der Waals surface area (Å²) in [6.07, 6.45) is 4.74. The molecule has 0 spiro atoms. The molecule has 0 saturated heterocycles. The predicted molar refractivity (Wildman–Crippen MR) is 62.1 cm³/mol. The van der Waals surface area contributed by atoms with Gasteiger partial charge in [-0.1, -0.05) is 19.4 Å². The van der Waals surface area contributed by atoms with Crippen LogP contribution in [0.1, 0.15) is 43.4 Å². The highest BCUT2D eigenvalue weighted by Gasteiger charge is 2.21. The molecule has 2 heteroatoms. The number of phenols is 1. The van der Waals surface area contributed by atoms with Crippen LogP contribution in [-0.2, 0) is 6.42 Å². The topological polar surface area (TPSA) is 32.3 Å². The number of hydrogen-bond acceptors (Lipinski definition) is 2. The van der Waals surface area contributed by atoms with E-state index in [1.54, 1.807) is 6.07 Å². The minimum Gasteiger partial charge on any atom is -0.508 e. The number of aromatic hydroxyl groups is 1. The van der Waals surface area contributed by atoms with Gasteiger partial charge in [-0.2, -0.15) is 0 Å². The zero-order valence-corrected chi connectivity index (χ0v) is 9.29. The van der Waals surface area contributed by atoms with E-state index in [-0.39, 0.29) is 0 Å². The van der Waals surface area contributed by atoms with E-state index < -0.39 is 0 Å². The van der Waals surface area contributed by atoms with Gasteiger partial charge in [-0.05, 0) is 49.1 Å². The maximum absolute atomic E-state index is 9.38. The molecule has 2 rings (SSSR count). The number of fused-ring (bicyclic) bond motifs is 1. The van der Waals surface area contributed by atoms with Crippen molar-refractivity contribution in [3.8, 4) is 5.75 Å². The molecule has 0 amide bonds. The number of benzene rings is 1. The molecule has 0 aliphatic heterocycles. The second-order valence-electron chi connectivity index (χ2n) is 4.28. The molecule has 0 aromatic heterocycles. The van der Waals surface area contributed by atoms with Gasteiger partial charge < -0.3 is 10.4 Å². The third-order valence-corrected chi connectivity index (χ3v) is 3.13. The summed E-state index contributed by atoms with van der Waals surface area (Å²) in [5.41, 5.74) is 2.69. The second-order valence-corrected chi connectivity index (χ2v) is 4.28. The predicted octanol–water partition coefficient (Wildman–Crippen LogP) is 2.77. The lowest BCUT2D eigenvalue weighted by Gasteiger charge is -2.13. The molecule has 1 atom stereocenters. The lowest BCUT2D eigenvalue weighted by Crippen LogP contribution is -2.20. The number of rotatable bonds is 4. The molecule has 0 radical (unpaired) electrons. The van der Waals surface area contributed by atoms with Crippen molar-refractivity contribution in [3.05, 3.63) is 29.3 Å². The zero-order valence-electron chi connectivity index (χ0n) is 9.29. The van der Waals surface area contributed by atoms with Gasteiger partial charge in [0.15, 0.2) is 0 Å². The second kappa shape index (κ2) is 4.67. The molecule has 1 aliphatic carbocycles. The van der Waals surface area contributed by atoms with E-state index in [4.69, 9.17) is 0 Å². The molecular weight excluding hydrogens is 186 g/mol. The Morgan fingerprint density at radius 2 is 2.33 bits per heavy atom. The molecule has 1 aliphatic rings. The van der Waals surface area contributed by atoms with Gasteiger partial charge in [-0.15, -0.1) is 0 Å². The number of phenolic OH excluding ortho intramolecular Hbond substituents is 1. The summed E-state index contributed by atoms with van der Waals surface area (Å²) in [5.74, 6) is 0.392. The highest BCUT2D eigenvalue weighted by molar-refractivity contribution is 5.39. The first-order chi connectivity index (χ1) is 7.31. The van der Waals surface area contributed by atoms with E-state index in [1.807, 2.05) is 6.07 Å². The summed E-state index contributed by atoms with van der Waals surface area (Å²) in [5, 5.41) is 13.0. The van der Waals surface area contributed by atoms with Crippen molar-refractivity contribution >= 4 is 0 Å². The summed E-state index contributed by atoms with van der Waals surface area (Å²) in [7, 11) is 0. The van der Waals surface area contributed by atoms with E-state index >= 15 is 0 Å². The molecule has 0 bridgehead atoms. The first-order valence-electron chi connectivity index (χ1n) is 5.86. The van der Waals surface area contributed by atoms with Crippen molar-refractivity contribution < 1.29 is 5.11 Å². The average molecular weight is 205 g/mol. The zero-order chi connectivity index (χ0) is 10.7. The third-order valence-electron chi connectivity index (χ3n) is 3.13. The van der Waals surface area contributed by atoms with Crippen LogP contribution in [0.3, 0.4) is 0 Å². The van der Waals surface area contributed by atoms with Crippen molar-refractivity contribution in [2.75, 3.05) is 6.54 Å². The third kappa shape index (κ3) is 2.32. The average Bonchev–Trinajstić information content (AvgIpc) is 2.61. The van der Waals surface area contributed by atoms with Crippen molar-refractivity contribution in [2.45, 2.75) is 38.6 Å². The van der Waals surface area contributed by atoms with Gasteiger partial charge in [0.25, 0.3) is 0 Å². The smallest absolute Gasteiger partial charge is 0.115 e. The summed E-state index contributed by atoms with van der Waals surface area (Å²) in [4.78, 5) is 0. The van der Waals surface area contributed by atoms with Crippen LogP contribution in [0.5, 0.6) is 5.75 Å². The fourth-order valence-electron chi connectivity index (χ4n) is 2.27. The lowest BCUT2D eigenvalue weighted by molar-refractivity contribution is 0.474. The van der Waals surface area contributed by atoms with Gasteiger partial charge in [0.05, 0.1) is 0 Å². The quantitative estimate of drug-likeness (QED) is 0.741. The molecule has 2 N–H and O–H groups in total. The molecule has 2 nitrogen and oxygen atoms in total. The monoisotopic (exact) mass is 205 g/mol. The van der Waals surface area contributed by atoms with Crippen LogP contribution in [0, 0.1) is 0 Å². The van der Waals surface area contributed by atoms with Crippen LogP contribution < -0.4 is 5.32 Å². The van der Waals surface area contributed by atoms with E-state index in [0.29, 0.717) is 11.8 Å². The molecule has 1 aromatic carbocycles. The molecule has 15 heavy (non-hydrogen) atoms. The van der Waals surface area contributed by atoms with E-state index in [0.717, 1.165) is 13.0 Å². The number of unbranched alkanes of at least 4 members (excludes halogenated alkanes) is 1. The van der Waals surface area contributed by atoms with Crippen LogP contribution in [0.25, 0.3) is 0 Å². The van der Waals surface area contributed by atoms with E-state index in [9.17, 15) is 5.11 Å². The molecule has 0 saturated carbocycles. The Hall–Kier alpha value is -1.02. The fraction of sp³-hybridized carbons (Fsp3) is 0.538. The Bertz CT molecular complexity index is 335. The van der Waals surface area contributed by atoms with Crippen molar-refractivity contribution in [3.63, 3.8) is 0 Å². The first-order valence-corrected chi connectivity index (χ1v) is 5.86. The molecule has 1 unspecified atom stereocenters. The lowest BCUT2D eigenvalue weighted by atomic mass is 10.1. The Kier molecular flexibility index (Phi) is 3.27. The van der Waals surface area contributed by atoms with E-state index in [1.165, 1.54) is 30.4 Å². The first kappa shape index (κ1) is 10.5. The van der Waals surface area contributed by atoms with Crippen LogP contribution in [0.15, 0.2) is 18.2 Å². The van der Waals surface area contributed by atoms with Crippen molar-refractivity contribution in [1.29, 1.82) is 0 Å². The summed E-state index contributed by atoms with van der Waals surface area (Å²) >= 11 is 0. The Balaban J connectivity index is 2.02. The Labute approximate surface area is 91.3 Å². The minimum atomic E-state index is 0.392. The molecule has 0 fully saturated rings. The Morgan fingerprint density at radius 3 is 3.13 bits per heavy atom. The molecular formula is C13H19NO. The van der Waals surface area contributed by atoms with Crippen LogP contribution in [0.4, 0.5) is 0 Å².